The topological polar surface area (TPSA) is 6.48 Å². The highest BCUT2D eigenvalue weighted by atomic mass is 15.4. The summed E-state index contributed by atoms with van der Waals surface area (Å²) in [5.74, 6) is 0.798. The zero-order valence-corrected chi connectivity index (χ0v) is 11.0. The largest absolute Gasteiger partial charge is 0.291 e. The standard InChI is InChI=1S/C13H28N2/c1-5-7-10-15-11-8-9-14(4)13(15)12(3)6-2/h12-13H,5-11H2,1-4H3. The second-order valence-electron chi connectivity index (χ2n) is 5.02. The smallest absolute Gasteiger partial charge is 0.0646 e. The van der Waals surface area contributed by atoms with E-state index < -0.39 is 0 Å². The summed E-state index contributed by atoms with van der Waals surface area (Å²) in [5, 5.41) is 0. The van der Waals surface area contributed by atoms with E-state index in [2.05, 4.69) is 37.6 Å². The first-order chi connectivity index (χ1) is 7.20. The number of unbranched alkanes of at least 4 members (excludes halogenated alkanes) is 1. The van der Waals surface area contributed by atoms with Gasteiger partial charge in [-0.15, -0.1) is 0 Å². The van der Waals surface area contributed by atoms with Gasteiger partial charge >= 0.3 is 0 Å². The van der Waals surface area contributed by atoms with E-state index in [0.29, 0.717) is 6.17 Å². The summed E-state index contributed by atoms with van der Waals surface area (Å²) in [6.45, 7) is 10.9. The van der Waals surface area contributed by atoms with E-state index in [4.69, 9.17) is 0 Å². The van der Waals surface area contributed by atoms with Crippen LogP contribution < -0.4 is 0 Å². The highest BCUT2D eigenvalue weighted by Gasteiger charge is 2.29. The van der Waals surface area contributed by atoms with Crippen LogP contribution in [0.4, 0.5) is 0 Å². The van der Waals surface area contributed by atoms with Gasteiger partial charge in [0.25, 0.3) is 0 Å². The molecular formula is C13H28N2. The van der Waals surface area contributed by atoms with Crippen molar-refractivity contribution in [1.82, 2.24) is 9.80 Å². The van der Waals surface area contributed by atoms with Crippen LogP contribution in [0.3, 0.4) is 0 Å². The third kappa shape index (κ3) is 3.46. The van der Waals surface area contributed by atoms with Crippen molar-refractivity contribution in [2.24, 2.45) is 5.92 Å². The monoisotopic (exact) mass is 212 g/mol. The molecule has 0 bridgehead atoms. The van der Waals surface area contributed by atoms with Crippen LogP contribution in [-0.4, -0.2) is 42.6 Å². The number of nitrogens with zero attached hydrogens (tertiary/aromatic N) is 2. The van der Waals surface area contributed by atoms with Crippen molar-refractivity contribution in [2.45, 2.75) is 52.6 Å². The lowest BCUT2D eigenvalue weighted by Crippen LogP contribution is -2.55. The summed E-state index contributed by atoms with van der Waals surface area (Å²) >= 11 is 0. The molecule has 1 saturated heterocycles. The zero-order chi connectivity index (χ0) is 11.3. The molecule has 90 valence electrons. The Morgan fingerprint density at radius 2 is 2.00 bits per heavy atom. The number of rotatable bonds is 5. The van der Waals surface area contributed by atoms with E-state index in [9.17, 15) is 0 Å². The molecular weight excluding hydrogens is 184 g/mol. The fourth-order valence-corrected chi connectivity index (χ4v) is 2.68. The average Bonchev–Trinajstić information content (AvgIpc) is 2.25. The molecule has 1 heterocycles. The summed E-state index contributed by atoms with van der Waals surface area (Å²) in [7, 11) is 2.29. The lowest BCUT2D eigenvalue weighted by atomic mass is 10.0. The Balaban J connectivity index is 2.55. The molecule has 0 aromatic carbocycles. The lowest BCUT2D eigenvalue weighted by molar-refractivity contribution is -0.0140. The predicted molar refractivity (Wildman–Crippen MR) is 67.0 cm³/mol. The summed E-state index contributed by atoms with van der Waals surface area (Å²) in [6.07, 6.45) is 5.98. The molecule has 1 fully saturated rings. The minimum atomic E-state index is 0.690. The van der Waals surface area contributed by atoms with Crippen LogP contribution in [0.5, 0.6) is 0 Å². The second-order valence-corrected chi connectivity index (χ2v) is 5.02. The van der Waals surface area contributed by atoms with Gasteiger partial charge in [0.1, 0.15) is 0 Å². The Bertz CT molecular complexity index is 166. The molecule has 2 unspecified atom stereocenters. The van der Waals surface area contributed by atoms with Crippen molar-refractivity contribution in [3.05, 3.63) is 0 Å². The van der Waals surface area contributed by atoms with Crippen molar-refractivity contribution in [3.8, 4) is 0 Å². The first kappa shape index (κ1) is 13.0. The molecule has 0 N–H and O–H groups in total. The molecule has 1 rings (SSSR count). The Labute approximate surface area is 95.6 Å². The van der Waals surface area contributed by atoms with Gasteiger partial charge in [0.2, 0.25) is 0 Å². The molecule has 0 saturated carbocycles. The first-order valence-electron chi connectivity index (χ1n) is 6.65. The summed E-state index contributed by atoms with van der Waals surface area (Å²) in [6, 6.07) is 0. The minimum absolute atomic E-state index is 0.690. The van der Waals surface area contributed by atoms with Crippen LogP contribution in [0.25, 0.3) is 0 Å². The molecule has 1 aliphatic heterocycles. The van der Waals surface area contributed by atoms with Crippen molar-refractivity contribution in [3.63, 3.8) is 0 Å². The SMILES string of the molecule is CCCCN1CCCN(C)C1C(C)CC. The van der Waals surface area contributed by atoms with Gasteiger partial charge in [0.05, 0.1) is 6.17 Å². The molecule has 15 heavy (non-hydrogen) atoms. The normalized spacial score (nSPS) is 26.8. The van der Waals surface area contributed by atoms with Crippen LogP contribution in [0, 0.1) is 5.92 Å². The van der Waals surface area contributed by atoms with Crippen molar-refractivity contribution >= 4 is 0 Å². The molecule has 0 aliphatic carbocycles. The van der Waals surface area contributed by atoms with E-state index in [1.165, 1.54) is 45.3 Å². The van der Waals surface area contributed by atoms with Crippen molar-refractivity contribution < 1.29 is 0 Å². The van der Waals surface area contributed by atoms with E-state index >= 15 is 0 Å². The van der Waals surface area contributed by atoms with E-state index in [-0.39, 0.29) is 0 Å². The molecule has 2 atom stereocenters. The Morgan fingerprint density at radius 1 is 1.27 bits per heavy atom. The number of hydrogen-bond donors (Lipinski definition) is 0. The Morgan fingerprint density at radius 3 is 2.60 bits per heavy atom. The third-order valence-electron chi connectivity index (χ3n) is 3.73. The second kappa shape index (κ2) is 6.49. The van der Waals surface area contributed by atoms with Crippen molar-refractivity contribution in [2.75, 3.05) is 26.7 Å². The van der Waals surface area contributed by atoms with E-state index in [0.717, 1.165) is 5.92 Å². The maximum atomic E-state index is 2.70. The van der Waals surface area contributed by atoms with Gasteiger partial charge in [-0.05, 0) is 32.4 Å². The van der Waals surface area contributed by atoms with Crippen LogP contribution in [0.2, 0.25) is 0 Å². The molecule has 0 aromatic heterocycles. The predicted octanol–water partition coefficient (Wildman–Crippen LogP) is 2.80. The van der Waals surface area contributed by atoms with Gasteiger partial charge in [-0.1, -0.05) is 33.6 Å². The van der Waals surface area contributed by atoms with Crippen LogP contribution in [-0.2, 0) is 0 Å². The number of hydrogen-bond acceptors (Lipinski definition) is 2. The third-order valence-corrected chi connectivity index (χ3v) is 3.73. The van der Waals surface area contributed by atoms with Crippen molar-refractivity contribution in [1.29, 1.82) is 0 Å². The maximum Gasteiger partial charge on any atom is 0.0646 e. The summed E-state index contributed by atoms with van der Waals surface area (Å²) in [5.41, 5.74) is 0. The highest BCUT2D eigenvalue weighted by Crippen LogP contribution is 2.22. The van der Waals surface area contributed by atoms with E-state index in [1.807, 2.05) is 0 Å². The fraction of sp³-hybridized carbons (Fsp3) is 1.00. The van der Waals surface area contributed by atoms with E-state index in [1.54, 1.807) is 0 Å². The Hall–Kier alpha value is -0.0800. The molecule has 2 heteroatoms. The summed E-state index contributed by atoms with van der Waals surface area (Å²) < 4.78 is 0. The minimum Gasteiger partial charge on any atom is -0.291 e. The van der Waals surface area contributed by atoms with Gasteiger partial charge in [-0.2, -0.15) is 0 Å². The molecule has 2 nitrogen and oxygen atoms in total. The average molecular weight is 212 g/mol. The molecule has 0 amide bonds. The highest BCUT2D eigenvalue weighted by molar-refractivity contribution is 4.80. The molecule has 1 aliphatic rings. The van der Waals surface area contributed by atoms with Crippen LogP contribution >= 0.6 is 0 Å². The quantitative estimate of drug-likeness (QED) is 0.691. The van der Waals surface area contributed by atoms with Crippen LogP contribution in [0.15, 0.2) is 0 Å². The molecule has 0 aromatic rings. The fourth-order valence-electron chi connectivity index (χ4n) is 2.68. The van der Waals surface area contributed by atoms with Gasteiger partial charge in [-0.3, -0.25) is 9.80 Å². The molecule has 0 radical (unpaired) electrons. The van der Waals surface area contributed by atoms with Gasteiger partial charge in [0, 0.05) is 13.1 Å². The first-order valence-corrected chi connectivity index (χ1v) is 6.65. The Kier molecular flexibility index (Phi) is 5.62. The lowest BCUT2D eigenvalue weighted by Gasteiger charge is -2.45. The van der Waals surface area contributed by atoms with Crippen LogP contribution in [0.1, 0.15) is 46.5 Å². The zero-order valence-electron chi connectivity index (χ0n) is 11.0. The van der Waals surface area contributed by atoms with Gasteiger partial charge in [-0.25, -0.2) is 0 Å². The van der Waals surface area contributed by atoms with Gasteiger partial charge < -0.3 is 0 Å². The summed E-state index contributed by atoms with van der Waals surface area (Å²) in [4.78, 5) is 5.24. The van der Waals surface area contributed by atoms with Gasteiger partial charge in [0.15, 0.2) is 0 Å². The maximum absolute atomic E-state index is 2.70. The molecule has 0 spiro atoms.